The van der Waals surface area contributed by atoms with Gasteiger partial charge in [0.25, 0.3) is 0 Å². The van der Waals surface area contributed by atoms with E-state index in [9.17, 15) is 10.2 Å². The maximum absolute atomic E-state index is 9.42. The Hall–Kier alpha value is -0.900. The molecule has 0 radical (unpaired) electrons. The zero-order valence-corrected chi connectivity index (χ0v) is 14.2. The van der Waals surface area contributed by atoms with Crippen molar-refractivity contribution >= 4 is 0 Å². The van der Waals surface area contributed by atoms with E-state index in [2.05, 4.69) is 26.8 Å². The Morgan fingerprint density at radius 3 is 2.18 bits per heavy atom. The van der Waals surface area contributed by atoms with E-state index < -0.39 is 0 Å². The molecule has 0 atom stereocenters. The van der Waals surface area contributed by atoms with Crippen LogP contribution in [0.15, 0.2) is 6.07 Å². The summed E-state index contributed by atoms with van der Waals surface area (Å²) < 4.78 is 5.53. The normalized spacial score (nSPS) is 16.5. The maximum Gasteiger partial charge on any atom is 0.0471 e. The first-order valence-corrected chi connectivity index (χ1v) is 8.50. The van der Waals surface area contributed by atoms with E-state index in [1.807, 2.05) is 0 Å². The number of benzene rings is 1. The summed E-state index contributed by atoms with van der Waals surface area (Å²) in [5.74, 6) is 0.786. The Bertz CT molecular complexity index is 484. The Labute approximate surface area is 134 Å². The van der Waals surface area contributed by atoms with Gasteiger partial charge in [0.05, 0.1) is 0 Å². The molecule has 1 aromatic rings. The number of aryl methyl sites for hydroxylation is 1. The van der Waals surface area contributed by atoms with Gasteiger partial charge in [-0.2, -0.15) is 0 Å². The third-order valence-corrected chi connectivity index (χ3v) is 5.27. The molecule has 1 aliphatic heterocycles. The number of ether oxygens (including phenoxy) is 1. The van der Waals surface area contributed by atoms with Crippen molar-refractivity contribution in [1.82, 2.24) is 0 Å². The molecule has 0 spiro atoms. The van der Waals surface area contributed by atoms with Crippen LogP contribution in [-0.2, 0) is 4.74 Å². The highest BCUT2D eigenvalue weighted by molar-refractivity contribution is 5.48. The zero-order chi connectivity index (χ0) is 16.1. The number of aliphatic hydroxyl groups is 2. The van der Waals surface area contributed by atoms with Crippen LogP contribution >= 0.6 is 0 Å². The quantitative estimate of drug-likeness (QED) is 0.847. The molecule has 1 heterocycles. The van der Waals surface area contributed by atoms with Crippen LogP contribution < -0.4 is 0 Å². The van der Waals surface area contributed by atoms with Gasteiger partial charge < -0.3 is 14.9 Å². The molecule has 2 N–H and O–H groups in total. The van der Waals surface area contributed by atoms with Crippen molar-refractivity contribution in [3.63, 3.8) is 0 Å². The minimum Gasteiger partial charge on any atom is -0.396 e. The largest absolute Gasteiger partial charge is 0.396 e. The van der Waals surface area contributed by atoms with E-state index in [0.717, 1.165) is 38.9 Å². The molecule has 1 aromatic carbocycles. The third kappa shape index (κ3) is 3.70. The lowest BCUT2D eigenvalue weighted by Crippen LogP contribution is -2.19. The molecule has 0 bridgehead atoms. The molecule has 124 valence electrons. The van der Waals surface area contributed by atoms with Crippen LogP contribution in [0, 0.1) is 20.8 Å². The second-order valence-corrected chi connectivity index (χ2v) is 6.55. The van der Waals surface area contributed by atoms with Crippen LogP contribution in [-0.4, -0.2) is 36.6 Å². The van der Waals surface area contributed by atoms with Gasteiger partial charge in [-0.25, -0.2) is 0 Å². The summed E-state index contributed by atoms with van der Waals surface area (Å²) in [6.07, 6.45) is 3.58. The summed E-state index contributed by atoms with van der Waals surface area (Å²) in [7, 11) is 0. The van der Waals surface area contributed by atoms with E-state index in [0.29, 0.717) is 5.92 Å². The highest BCUT2D eigenvalue weighted by Crippen LogP contribution is 2.39. The second-order valence-electron chi connectivity index (χ2n) is 6.55. The first kappa shape index (κ1) is 17.5. The average Bonchev–Trinajstić information content (AvgIpc) is 2.53. The highest BCUT2D eigenvalue weighted by atomic mass is 16.5. The second kappa shape index (κ2) is 8.09. The smallest absolute Gasteiger partial charge is 0.0471 e. The van der Waals surface area contributed by atoms with Gasteiger partial charge in [-0.15, -0.1) is 0 Å². The van der Waals surface area contributed by atoms with Gasteiger partial charge in [0.2, 0.25) is 0 Å². The number of hydrogen-bond acceptors (Lipinski definition) is 3. The molecular formula is C19H30O3. The van der Waals surface area contributed by atoms with Crippen molar-refractivity contribution in [2.45, 2.75) is 58.3 Å². The minimum absolute atomic E-state index is 0.170. The van der Waals surface area contributed by atoms with Crippen LogP contribution in [0.3, 0.4) is 0 Å². The summed E-state index contributed by atoms with van der Waals surface area (Å²) in [6.45, 7) is 8.60. The number of hydrogen-bond donors (Lipinski definition) is 2. The molecule has 3 heteroatoms. The topological polar surface area (TPSA) is 49.7 Å². The summed E-state index contributed by atoms with van der Waals surface area (Å²) in [6, 6.07) is 2.29. The van der Waals surface area contributed by atoms with Crippen LogP contribution in [0.2, 0.25) is 0 Å². The third-order valence-electron chi connectivity index (χ3n) is 5.27. The number of rotatable bonds is 6. The predicted molar refractivity (Wildman–Crippen MR) is 89.6 cm³/mol. The van der Waals surface area contributed by atoms with E-state index >= 15 is 0 Å². The van der Waals surface area contributed by atoms with Crippen molar-refractivity contribution in [2.24, 2.45) is 0 Å². The SMILES string of the molecule is Cc1cc(C(CCO)CCO)c(C2CCOCC2)c(C)c1C. The summed E-state index contributed by atoms with van der Waals surface area (Å²) in [5.41, 5.74) is 6.87. The van der Waals surface area contributed by atoms with Gasteiger partial charge in [0.15, 0.2) is 0 Å². The van der Waals surface area contributed by atoms with Gasteiger partial charge >= 0.3 is 0 Å². The van der Waals surface area contributed by atoms with E-state index in [1.54, 1.807) is 0 Å². The molecule has 0 saturated carbocycles. The molecule has 22 heavy (non-hydrogen) atoms. The predicted octanol–water partition coefficient (Wildman–Crippen LogP) is 3.35. The van der Waals surface area contributed by atoms with Crippen LogP contribution in [0.1, 0.15) is 65.3 Å². The lowest BCUT2D eigenvalue weighted by molar-refractivity contribution is 0.0848. The molecular weight excluding hydrogens is 276 g/mol. The fraction of sp³-hybridized carbons (Fsp3) is 0.684. The molecule has 0 unspecified atom stereocenters. The highest BCUT2D eigenvalue weighted by Gasteiger charge is 2.25. The van der Waals surface area contributed by atoms with Gasteiger partial charge in [0.1, 0.15) is 0 Å². The fourth-order valence-corrected chi connectivity index (χ4v) is 3.77. The maximum atomic E-state index is 9.42. The Kier molecular flexibility index (Phi) is 6.42. The Balaban J connectivity index is 2.49. The molecule has 1 saturated heterocycles. The molecule has 0 aliphatic carbocycles. The standard InChI is InChI=1S/C19H30O3/c1-13-12-18(16(4-8-20)5-9-21)19(15(3)14(13)2)17-6-10-22-11-7-17/h12,16-17,20-21H,4-11H2,1-3H3. The molecule has 0 amide bonds. The zero-order valence-electron chi connectivity index (χ0n) is 14.2. The first-order valence-electron chi connectivity index (χ1n) is 8.50. The monoisotopic (exact) mass is 306 g/mol. The lowest BCUT2D eigenvalue weighted by atomic mass is 9.77. The van der Waals surface area contributed by atoms with Crippen LogP contribution in [0.5, 0.6) is 0 Å². The first-order chi connectivity index (χ1) is 10.6. The Morgan fingerprint density at radius 1 is 1.05 bits per heavy atom. The summed E-state index contributed by atoms with van der Waals surface area (Å²) in [5, 5.41) is 18.8. The number of aliphatic hydroxyl groups excluding tert-OH is 2. The van der Waals surface area contributed by atoms with Crippen molar-refractivity contribution < 1.29 is 14.9 Å². The van der Waals surface area contributed by atoms with Gasteiger partial charge in [-0.3, -0.25) is 0 Å². The fourth-order valence-electron chi connectivity index (χ4n) is 3.77. The van der Waals surface area contributed by atoms with E-state index in [1.165, 1.54) is 27.8 Å². The molecule has 1 aliphatic rings. The van der Waals surface area contributed by atoms with Crippen molar-refractivity contribution in [2.75, 3.05) is 26.4 Å². The van der Waals surface area contributed by atoms with Gasteiger partial charge in [-0.05, 0) is 86.1 Å². The van der Waals surface area contributed by atoms with Crippen molar-refractivity contribution in [3.05, 3.63) is 33.9 Å². The van der Waals surface area contributed by atoms with E-state index in [4.69, 9.17) is 4.74 Å². The van der Waals surface area contributed by atoms with Crippen molar-refractivity contribution in [3.8, 4) is 0 Å². The summed E-state index contributed by atoms with van der Waals surface area (Å²) in [4.78, 5) is 0. The molecule has 1 fully saturated rings. The Morgan fingerprint density at radius 2 is 1.64 bits per heavy atom. The summed E-state index contributed by atoms with van der Waals surface area (Å²) >= 11 is 0. The average molecular weight is 306 g/mol. The molecule has 0 aromatic heterocycles. The molecule has 3 nitrogen and oxygen atoms in total. The van der Waals surface area contributed by atoms with Gasteiger partial charge in [-0.1, -0.05) is 6.07 Å². The van der Waals surface area contributed by atoms with Gasteiger partial charge in [0, 0.05) is 26.4 Å². The minimum atomic E-state index is 0.170. The van der Waals surface area contributed by atoms with Crippen molar-refractivity contribution in [1.29, 1.82) is 0 Å². The lowest BCUT2D eigenvalue weighted by Gasteiger charge is -2.31. The van der Waals surface area contributed by atoms with E-state index in [-0.39, 0.29) is 19.1 Å². The van der Waals surface area contributed by atoms with Crippen LogP contribution in [0.25, 0.3) is 0 Å². The molecule has 2 rings (SSSR count). The van der Waals surface area contributed by atoms with Crippen LogP contribution in [0.4, 0.5) is 0 Å².